The standard InChI is InChI=1S/C12H18N2O2S/c1-4-17-8-10(3)13-12-6-5-11(14(15)16)7-9(12)2/h5-7,10,13H,4,8H2,1-3H3. The van der Waals surface area contributed by atoms with E-state index in [9.17, 15) is 10.1 Å². The molecule has 0 heterocycles. The van der Waals surface area contributed by atoms with Crippen molar-refractivity contribution in [2.24, 2.45) is 0 Å². The van der Waals surface area contributed by atoms with Crippen LogP contribution in [0.5, 0.6) is 0 Å². The summed E-state index contributed by atoms with van der Waals surface area (Å²) < 4.78 is 0. The van der Waals surface area contributed by atoms with Crippen molar-refractivity contribution in [3.63, 3.8) is 0 Å². The van der Waals surface area contributed by atoms with E-state index in [0.29, 0.717) is 6.04 Å². The van der Waals surface area contributed by atoms with Crippen LogP contribution in [0.15, 0.2) is 18.2 Å². The Balaban J connectivity index is 2.69. The van der Waals surface area contributed by atoms with E-state index < -0.39 is 0 Å². The van der Waals surface area contributed by atoms with Gasteiger partial charge in [0.1, 0.15) is 0 Å². The van der Waals surface area contributed by atoms with Crippen molar-refractivity contribution >= 4 is 23.1 Å². The summed E-state index contributed by atoms with van der Waals surface area (Å²) in [5, 5.41) is 14.0. The fourth-order valence-electron chi connectivity index (χ4n) is 1.53. The Morgan fingerprint density at radius 3 is 2.76 bits per heavy atom. The van der Waals surface area contributed by atoms with Crippen LogP contribution in [0.4, 0.5) is 11.4 Å². The van der Waals surface area contributed by atoms with E-state index >= 15 is 0 Å². The molecule has 1 N–H and O–H groups in total. The second kappa shape index (κ2) is 6.49. The molecule has 0 aliphatic carbocycles. The number of hydrogen-bond acceptors (Lipinski definition) is 4. The third-order valence-electron chi connectivity index (χ3n) is 2.39. The van der Waals surface area contributed by atoms with E-state index in [1.807, 2.05) is 18.7 Å². The van der Waals surface area contributed by atoms with Crippen LogP contribution in [0.25, 0.3) is 0 Å². The quantitative estimate of drug-likeness (QED) is 0.624. The highest BCUT2D eigenvalue weighted by Crippen LogP contribution is 2.22. The number of benzene rings is 1. The lowest BCUT2D eigenvalue weighted by atomic mass is 10.1. The number of nitrogens with one attached hydrogen (secondary N) is 1. The summed E-state index contributed by atoms with van der Waals surface area (Å²) in [5.74, 6) is 2.14. The first-order valence-corrected chi connectivity index (χ1v) is 6.79. The van der Waals surface area contributed by atoms with E-state index in [2.05, 4.69) is 19.2 Å². The Morgan fingerprint density at radius 1 is 1.53 bits per heavy atom. The van der Waals surface area contributed by atoms with Gasteiger partial charge in [0, 0.05) is 29.6 Å². The number of nitro groups is 1. The summed E-state index contributed by atoms with van der Waals surface area (Å²) in [4.78, 5) is 10.2. The minimum absolute atomic E-state index is 0.142. The molecule has 0 radical (unpaired) electrons. The molecule has 0 aromatic heterocycles. The summed E-state index contributed by atoms with van der Waals surface area (Å²) in [6, 6.07) is 5.28. The predicted octanol–water partition coefficient (Wildman–Crippen LogP) is 3.46. The van der Waals surface area contributed by atoms with Gasteiger partial charge >= 0.3 is 0 Å². The van der Waals surface area contributed by atoms with Crippen molar-refractivity contribution in [3.8, 4) is 0 Å². The van der Waals surface area contributed by atoms with Crippen molar-refractivity contribution < 1.29 is 4.92 Å². The molecular formula is C12H18N2O2S. The van der Waals surface area contributed by atoms with Crippen molar-refractivity contribution in [2.75, 3.05) is 16.8 Å². The highest BCUT2D eigenvalue weighted by atomic mass is 32.2. The molecule has 1 atom stereocenters. The fraction of sp³-hybridized carbons (Fsp3) is 0.500. The van der Waals surface area contributed by atoms with Gasteiger partial charge in [-0.15, -0.1) is 0 Å². The Morgan fingerprint density at radius 2 is 2.24 bits per heavy atom. The lowest BCUT2D eigenvalue weighted by Gasteiger charge is -2.16. The van der Waals surface area contributed by atoms with Crippen LogP contribution in [0.1, 0.15) is 19.4 Å². The third kappa shape index (κ3) is 4.26. The van der Waals surface area contributed by atoms with E-state index in [-0.39, 0.29) is 10.6 Å². The number of non-ortho nitro benzene ring substituents is 1. The van der Waals surface area contributed by atoms with Crippen molar-refractivity contribution in [3.05, 3.63) is 33.9 Å². The molecule has 17 heavy (non-hydrogen) atoms. The molecule has 1 unspecified atom stereocenters. The van der Waals surface area contributed by atoms with E-state index in [0.717, 1.165) is 22.8 Å². The van der Waals surface area contributed by atoms with Crippen molar-refractivity contribution in [2.45, 2.75) is 26.8 Å². The molecule has 1 aromatic carbocycles. The van der Waals surface area contributed by atoms with E-state index in [4.69, 9.17) is 0 Å². The largest absolute Gasteiger partial charge is 0.382 e. The molecule has 0 amide bonds. The molecule has 0 saturated carbocycles. The zero-order valence-electron chi connectivity index (χ0n) is 10.4. The maximum absolute atomic E-state index is 10.6. The molecule has 0 aliphatic heterocycles. The second-order valence-electron chi connectivity index (χ2n) is 3.96. The van der Waals surface area contributed by atoms with Crippen LogP contribution in [0.3, 0.4) is 0 Å². The van der Waals surface area contributed by atoms with E-state index in [1.165, 1.54) is 6.07 Å². The molecule has 0 fully saturated rings. The number of nitrogens with zero attached hydrogens (tertiary/aromatic N) is 1. The molecule has 0 bridgehead atoms. The lowest BCUT2D eigenvalue weighted by Crippen LogP contribution is -2.18. The average molecular weight is 254 g/mol. The number of anilines is 1. The lowest BCUT2D eigenvalue weighted by molar-refractivity contribution is -0.384. The molecular weight excluding hydrogens is 236 g/mol. The van der Waals surface area contributed by atoms with Gasteiger partial charge in [-0.25, -0.2) is 0 Å². The van der Waals surface area contributed by atoms with Gasteiger partial charge < -0.3 is 5.32 Å². The maximum atomic E-state index is 10.6. The molecule has 0 saturated heterocycles. The van der Waals surface area contributed by atoms with Crippen LogP contribution < -0.4 is 5.32 Å². The molecule has 0 spiro atoms. The molecule has 1 rings (SSSR count). The SMILES string of the molecule is CCSCC(C)Nc1ccc([N+](=O)[O-])cc1C. The van der Waals surface area contributed by atoms with E-state index in [1.54, 1.807) is 12.1 Å². The predicted molar refractivity (Wildman–Crippen MR) is 73.9 cm³/mol. The summed E-state index contributed by atoms with van der Waals surface area (Å²) in [6.45, 7) is 6.13. The highest BCUT2D eigenvalue weighted by Gasteiger charge is 2.09. The van der Waals surface area contributed by atoms with Gasteiger partial charge in [-0.3, -0.25) is 10.1 Å². The van der Waals surface area contributed by atoms with Crippen LogP contribution in [0.2, 0.25) is 0 Å². The fourth-order valence-corrected chi connectivity index (χ4v) is 2.20. The van der Waals surface area contributed by atoms with Crippen LogP contribution in [-0.4, -0.2) is 22.5 Å². The first-order valence-electron chi connectivity index (χ1n) is 5.64. The number of nitro benzene ring substituents is 1. The van der Waals surface area contributed by atoms with Gasteiger partial charge in [-0.1, -0.05) is 6.92 Å². The Hall–Kier alpha value is -1.23. The van der Waals surface area contributed by atoms with Crippen LogP contribution in [-0.2, 0) is 0 Å². The average Bonchev–Trinajstić information content (AvgIpc) is 2.28. The van der Waals surface area contributed by atoms with Crippen molar-refractivity contribution in [1.82, 2.24) is 0 Å². The molecule has 5 heteroatoms. The van der Waals surface area contributed by atoms with Crippen molar-refractivity contribution in [1.29, 1.82) is 0 Å². The normalized spacial score (nSPS) is 12.2. The molecule has 0 aliphatic rings. The first-order chi connectivity index (χ1) is 8.04. The molecule has 94 valence electrons. The number of rotatable bonds is 6. The summed E-state index contributed by atoms with van der Waals surface area (Å²) in [6.07, 6.45) is 0. The maximum Gasteiger partial charge on any atom is 0.269 e. The molecule has 1 aromatic rings. The summed E-state index contributed by atoms with van der Waals surface area (Å²) in [5.41, 5.74) is 2.02. The Labute approximate surface area is 106 Å². The van der Waals surface area contributed by atoms with Gasteiger partial charge in [0.2, 0.25) is 0 Å². The van der Waals surface area contributed by atoms with Gasteiger partial charge in [0.25, 0.3) is 5.69 Å². The minimum atomic E-state index is -0.368. The highest BCUT2D eigenvalue weighted by molar-refractivity contribution is 7.99. The van der Waals surface area contributed by atoms with Crippen LogP contribution in [0, 0.1) is 17.0 Å². The first kappa shape index (κ1) is 13.8. The van der Waals surface area contributed by atoms with Gasteiger partial charge in [0.15, 0.2) is 0 Å². The summed E-state index contributed by atoms with van der Waals surface area (Å²) >= 11 is 1.88. The number of aryl methyl sites for hydroxylation is 1. The number of hydrogen-bond donors (Lipinski definition) is 1. The second-order valence-corrected chi connectivity index (χ2v) is 5.28. The Bertz CT molecular complexity index is 396. The zero-order valence-corrected chi connectivity index (χ0v) is 11.2. The third-order valence-corrected chi connectivity index (χ3v) is 3.54. The zero-order chi connectivity index (χ0) is 12.8. The number of thioether (sulfide) groups is 1. The van der Waals surface area contributed by atoms with Gasteiger partial charge in [-0.05, 0) is 31.2 Å². The minimum Gasteiger partial charge on any atom is -0.382 e. The van der Waals surface area contributed by atoms with Crippen LogP contribution >= 0.6 is 11.8 Å². The smallest absolute Gasteiger partial charge is 0.269 e. The van der Waals surface area contributed by atoms with Gasteiger partial charge in [0.05, 0.1) is 4.92 Å². The topological polar surface area (TPSA) is 55.2 Å². The summed E-state index contributed by atoms with van der Waals surface area (Å²) in [7, 11) is 0. The Kier molecular flexibility index (Phi) is 5.28. The van der Waals surface area contributed by atoms with Gasteiger partial charge in [-0.2, -0.15) is 11.8 Å². The monoisotopic (exact) mass is 254 g/mol. The molecule has 4 nitrogen and oxygen atoms in total.